The van der Waals surface area contributed by atoms with Crippen LogP contribution in [0, 0.1) is 10.1 Å². The van der Waals surface area contributed by atoms with Crippen LogP contribution in [0.4, 0.5) is 10.5 Å². The number of imide groups is 1. The van der Waals surface area contributed by atoms with Gasteiger partial charge in [0.25, 0.3) is 11.6 Å². The van der Waals surface area contributed by atoms with E-state index in [4.69, 9.17) is 4.74 Å². The van der Waals surface area contributed by atoms with E-state index in [-0.39, 0.29) is 36.0 Å². The van der Waals surface area contributed by atoms with E-state index in [2.05, 4.69) is 37.2 Å². The Bertz CT molecular complexity index is 1100. The van der Waals surface area contributed by atoms with Gasteiger partial charge in [0.15, 0.2) is 0 Å². The van der Waals surface area contributed by atoms with Crippen molar-refractivity contribution in [2.24, 2.45) is 0 Å². The summed E-state index contributed by atoms with van der Waals surface area (Å²) >= 11 is 6.99. The normalized spacial score (nSPS) is 18.0. The minimum absolute atomic E-state index is 0.0223. The predicted octanol–water partition coefficient (Wildman–Crippen LogP) is 5.92. The van der Waals surface area contributed by atoms with Crippen molar-refractivity contribution >= 4 is 55.6 Å². The molecule has 3 amide bonds. The number of halogens is 2. The number of urea groups is 1. The average molecular weight is 579 g/mol. The molecule has 2 aromatic rings. The molecular weight excluding hydrogens is 558 g/mol. The SMILES string of the molecule is O=C1N/C(=C\c2cc(Br)c(OCc3ccc([N+](=O)[O-])cc3)c(Br)c2)C(=O)N1C1CCCCC1. The first-order chi connectivity index (χ1) is 15.8. The largest absolute Gasteiger partial charge is 0.487 e. The van der Waals surface area contributed by atoms with Gasteiger partial charge in [-0.2, -0.15) is 0 Å². The number of nitrogens with one attached hydrogen (secondary N) is 1. The number of carbonyl (C=O) groups is 2. The highest BCUT2D eigenvalue weighted by Crippen LogP contribution is 2.36. The minimum atomic E-state index is -0.447. The molecular formula is C23H21Br2N3O5. The van der Waals surface area contributed by atoms with Gasteiger partial charge in [-0.25, -0.2) is 4.79 Å². The van der Waals surface area contributed by atoms with Crippen LogP contribution >= 0.6 is 31.9 Å². The summed E-state index contributed by atoms with van der Waals surface area (Å²) < 4.78 is 7.20. The lowest BCUT2D eigenvalue weighted by Crippen LogP contribution is -2.41. The van der Waals surface area contributed by atoms with Crippen LogP contribution in [0.5, 0.6) is 5.75 Å². The highest BCUT2D eigenvalue weighted by molar-refractivity contribution is 9.11. The summed E-state index contributed by atoms with van der Waals surface area (Å²) in [4.78, 5) is 37.0. The third-order valence-electron chi connectivity index (χ3n) is 5.71. The number of nitrogens with zero attached hydrogens (tertiary/aromatic N) is 2. The molecule has 1 saturated heterocycles. The van der Waals surface area contributed by atoms with Gasteiger partial charge >= 0.3 is 6.03 Å². The molecule has 10 heteroatoms. The van der Waals surface area contributed by atoms with Crippen molar-refractivity contribution in [2.45, 2.75) is 44.8 Å². The lowest BCUT2D eigenvalue weighted by atomic mass is 9.94. The number of hydrogen-bond donors (Lipinski definition) is 1. The van der Waals surface area contributed by atoms with E-state index in [9.17, 15) is 19.7 Å². The second kappa shape index (κ2) is 10.0. The molecule has 0 atom stereocenters. The second-order valence-electron chi connectivity index (χ2n) is 7.98. The van der Waals surface area contributed by atoms with Crippen molar-refractivity contribution in [3.8, 4) is 5.75 Å². The number of carbonyl (C=O) groups excluding carboxylic acids is 2. The Kier molecular flexibility index (Phi) is 7.14. The van der Waals surface area contributed by atoms with Gasteiger partial charge < -0.3 is 10.1 Å². The van der Waals surface area contributed by atoms with Gasteiger partial charge in [0.2, 0.25) is 0 Å². The van der Waals surface area contributed by atoms with Gasteiger partial charge in [0, 0.05) is 18.2 Å². The topological polar surface area (TPSA) is 102 Å². The molecule has 0 aromatic heterocycles. The van der Waals surface area contributed by atoms with Gasteiger partial charge in [-0.1, -0.05) is 19.3 Å². The quantitative estimate of drug-likeness (QED) is 0.198. The van der Waals surface area contributed by atoms with Gasteiger partial charge in [0.05, 0.1) is 13.9 Å². The summed E-state index contributed by atoms with van der Waals surface area (Å²) in [6, 6.07) is 9.35. The fraction of sp³-hybridized carbons (Fsp3) is 0.304. The standard InChI is InChI=1S/C23H21Br2N3O5/c24-18-10-15(12-20-22(29)27(23(30)26-20)16-4-2-1-3-5-16)11-19(25)21(18)33-13-14-6-8-17(9-7-14)28(31)32/h6-12,16H,1-5,13H2,(H,26,30)/b20-12-. The van der Waals surface area contributed by atoms with Crippen LogP contribution in [0.15, 0.2) is 51.0 Å². The van der Waals surface area contributed by atoms with Crippen molar-refractivity contribution in [2.75, 3.05) is 0 Å². The summed E-state index contributed by atoms with van der Waals surface area (Å²) in [5.41, 5.74) is 1.77. The van der Waals surface area contributed by atoms with Crippen molar-refractivity contribution in [3.63, 3.8) is 0 Å². The highest BCUT2D eigenvalue weighted by atomic mass is 79.9. The molecule has 0 unspecified atom stereocenters. The molecule has 1 saturated carbocycles. The molecule has 4 rings (SSSR count). The van der Waals surface area contributed by atoms with Crippen LogP contribution in [0.1, 0.15) is 43.2 Å². The van der Waals surface area contributed by atoms with Crippen molar-refractivity contribution in [3.05, 3.63) is 72.3 Å². The maximum Gasteiger partial charge on any atom is 0.329 e. The Balaban J connectivity index is 1.47. The Labute approximate surface area is 207 Å². The molecule has 2 fully saturated rings. The second-order valence-corrected chi connectivity index (χ2v) is 9.69. The van der Waals surface area contributed by atoms with Crippen molar-refractivity contribution in [1.82, 2.24) is 10.2 Å². The maximum atomic E-state index is 12.9. The zero-order valence-corrected chi connectivity index (χ0v) is 20.7. The van der Waals surface area contributed by atoms with Crippen LogP contribution in [-0.2, 0) is 11.4 Å². The zero-order chi connectivity index (χ0) is 23.5. The first-order valence-electron chi connectivity index (χ1n) is 10.5. The molecule has 8 nitrogen and oxygen atoms in total. The first kappa shape index (κ1) is 23.4. The van der Waals surface area contributed by atoms with E-state index < -0.39 is 4.92 Å². The van der Waals surface area contributed by atoms with Crippen LogP contribution in [0.25, 0.3) is 6.08 Å². The summed E-state index contributed by atoms with van der Waals surface area (Å²) in [6.45, 7) is 0.223. The number of non-ortho nitro benzene ring substituents is 1. The summed E-state index contributed by atoms with van der Waals surface area (Å²) in [6.07, 6.45) is 6.56. The third-order valence-corrected chi connectivity index (χ3v) is 6.89. The molecule has 0 spiro atoms. The maximum absolute atomic E-state index is 12.9. The molecule has 0 bridgehead atoms. The van der Waals surface area contributed by atoms with E-state index in [0.717, 1.165) is 37.7 Å². The molecule has 1 aliphatic heterocycles. The number of hydrogen-bond acceptors (Lipinski definition) is 5. The van der Waals surface area contributed by atoms with E-state index in [1.54, 1.807) is 30.3 Å². The van der Waals surface area contributed by atoms with Crippen LogP contribution in [0.2, 0.25) is 0 Å². The molecule has 33 heavy (non-hydrogen) atoms. The summed E-state index contributed by atoms with van der Waals surface area (Å²) in [7, 11) is 0. The van der Waals surface area contributed by atoms with Crippen molar-refractivity contribution in [1.29, 1.82) is 0 Å². The average Bonchev–Trinajstić information content (AvgIpc) is 3.06. The highest BCUT2D eigenvalue weighted by Gasteiger charge is 2.38. The molecule has 1 N–H and O–H groups in total. The summed E-state index contributed by atoms with van der Waals surface area (Å²) in [5, 5.41) is 13.5. The van der Waals surface area contributed by atoms with E-state index in [1.165, 1.54) is 17.0 Å². The Hall–Kier alpha value is -2.72. The third kappa shape index (κ3) is 5.27. The monoisotopic (exact) mass is 577 g/mol. The fourth-order valence-electron chi connectivity index (χ4n) is 4.06. The van der Waals surface area contributed by atoms with Gasteiger partial charge in [-0.15, -0.1) is 0 Å². The Morgan fingerprint density at radius 1 is 1.09 bits per heavy atom. The number of rotatable bonds is 6. The minimum Gasteiger partial charge on any atom is -0.487 e. The van der Waals surface area contributed by atoms with E-state index >= 15 is 0 Å². The number of amides is 3. The van der Waals surface area contributed by atoms with Crippen molar-refractivity contribution < 1.29 is 19.2 Å². The number of nitro benzene ring substituents is 1. The van der Waals surface area contributed by atoms with Crippen LogP contribution in [0.3, 0.4) is 0 Å². The van der Waals surface area contributed by atoms with E-state index in [1.807, 2.05) is 0 Å². The molecule has 1 heterocycles. The summed E-state index contributed by atoms with van der Waals surface area (Å²) in [5.74, 6) is 0.263. The Morgan fingerprint density at radius 2 is 1.73 bits per heavy atom. The van der Waals surface area contributed by atoms with Gasteiger partial charge in [-0.3, -0.25) is 19.8 Å². The number of ether oxygens (including phenoxy) is 1. The first-order valence-corrected chi connectivity index (χ1v) is 12.1. The van der Waals surface area contributed by atoms with E-state index in [0.29, 0.717) is 20.3 Å². The van der Waals surface area contributed by atoms with Crippen LogP contribution in [-0.4, -0.2) is 27.8 Å². The fourth-order valence-corrected chi connectivity index (χ4v) is 5.51. The molecule has 2 aromatic carbocycles. The predicted molar refractivity (Wildman–Crippen MR) is 129 cm³/mol. The number of nitro groups is 1. The lowest BCUT2D eigenvalue weighted by molar-refractivity contribution is -0.384. The molecule has 0 radical (unpaired) electrons. The Morgan fingerprint density at radius 3 is 2.33 bits per heavy atom. The van der Waals surface area contributed by atoms with Gasteiger partial charge in [-0.05, 0) is 86.2 Å². The smallest absolute Gasteiger partial charge is 0.329 e. The lowest BCUT2D eigenvalue weighted by Gasteiger charge is -2.28. The zero-order valence-electron chi connectivity index (χ0n) is 17.6. The van der Waals surface area contributed by atoms with Crippen LogP contribution < -0.4 is 10.1 Å². The van der Waals surface area contributed by atoms with Gasteiger partial charge in [0.1, 0.15) is 18.1 Å². The molecule has 1 aliphatic carbocycles. The molecule has 172 valence electrons. The molecule has 2 aliphatic rings. The number of benzene rings is 2.